The van der Waals surface area contributed by atoms with Crippen LogP contribution in [0.15, 0.2) is 46.9 Å². The van der Waals surface area contributed by atoms with E-state index in [0.29, 0.717) is 11.6 Å². The van der Waals surface area contributed by atoms with Gasteiger partial charge in [-0.3, -0.25) is 0 Å². The van der Waals surface area contributed by atoms with Crippen molar-refractivity contribution in [3.8, 4) is 0 Å². The van der Waals surface area contributed by atoms with Crippen molar-refractivity contribution in [3.05, 3.63) is 68.9 Å². The van der Waals surface area contributed by atoms with Crippen LogP contribution in [-0.4, -0.2) is 0 Å². The van der Waals surface area contributed by atoms with Crippen molar-refractivity contribution in [3.63, 3.8) is 0 Å². The second-order valence-electron chi connectivity index (χ2n) is 4.39. The number of halogens is 3. The minimum absolute atomic E-state index is 0.193. The van der Waals surface area contributed by atoms with E-state index in [1.807, 2.05) is 12.1 Å². The van der Waals surface area contributed by atoms with Crippen LogP contribution in [0.3, 0.4) is 0 Å². The van der Waals surface area contributed by atoms with Gasteiger partial charge in [0.1, 0.15) is 5.82 Å². The third-order valence-electron chi connectivity index (χ3n) is 2.96. The number of hydrogen-bond donors (Lipinski definition) is 1. The molecule has 0 spiro atoms. The van der Waals surface area contributed by atoms with Crippen LogP contribution in [0.2, 0.25) is 5.02 Å². The first-order valence-electron chi connectivity index (χ1n) is 5.99. The first kappa shape index (κ1) is 14.5. The molecule has 0 saturated heterocycles. The Hall–Kier alpha value is -0.900. The number of hydrogen-bond acceptors (Lipinski definition) is 1. The molecule has 4 heteroatoms. The van der Waals surface area contributed by atoms with Crippen molar-refractivity contribution < 1.29 is 4.39 Å². The smallest absolute Gasteiger partial charge is 0.124 e. The van der Waals surface area contributed by atoms with Gasteiger partial charge in [0.2, 0.25) is 0 Å². The summed E-state index contributed by atoms with van der Waals surface area (Å²) in [5.74, 6) is -0.311. The van der Waals surface area contributed by atoms with E-state index in [1.165, 1.54) is 17.7 Å². The van der Waals surface area contributed by atoms with Crippen molar-refractivity contribution in [1.29, 1.82) is 0 Å². The van der Waals surface area contributed by atoms with Crippen molar-refractivity contribution in [1.82, 2.24) is 5.32 Å². The number of benzene rings is 2. The maximum atomic E-state index is 12.9. The predicted molar refractivity (Wildman–Crippen MR) is 80.8 cm³/mol. The fourth-order valence-electron chi connectivity index (χ4n) is 1.82. The predicted octanol–water partition coefficient (Wildman–Crippen LogP) is 5.09. The Morgan fingerprint density at radius 1 is 1.26 bits per heavy atom. The summed E-state index contributed by atoms with van der Waals surface area (Å²) in [5, 5.41) is 3.83. The molecule has 0 aromatic heterocycles. The molecule has 0 saturated carbocycles. The van der Waals surface area contributed by atoms with E-state index < -0.39 is 0 Å². The minimum Gasteiger partial charge on any atom is -0.306 e. The molecule has 0 aliphatic heterocycles. The van der Waals surface area contributed by atoms with Crippen molar-refractivity contribution in [2.75, 3.05) is 0 Å². The lowest BCUT2D eigenvalue weighted by molar-refractivity contribution is 0.572. The molecule has 0 bridgehead atoms. The van der Waals surface area contributed by atoms with Gasteiger partial charge in [-0.15, -0.1) is 0 Å². The first-order chi connectivity index (χ1) is 9.06. The third-order valence-corrected chi connectivity index (χ3v) is 3.81. The summed E-state index contributed by atoms with van der Waals surface area (Å²) in [7, 11) is 0. The van der Waals surface area contributed by atoms with Gasteiger partial charge in [-0.1, -0.05) is 45.7 Å². The molecular formula is C15H14BrClFN. The lowest BCUT2D eigenvalue weighted by atomic mass is 10.1. The molecule has 1 nitrogen and oxygen atoms in total. The molecule has 2 aromatic carbocycles. The van der Waals surface area contributed by atoms with Gasteiger partial charge >= 0.3 is 0 Å². The molecule has 0 aliphatic carbocycles. The average molecular weight is 343 g/mol. The van der Waals surface area contributed by atoms with Gasteiger partial charge in [0, 0.05) is 22.1 Å². The van der Waals surface area contributed by atoms with Gasteiger partial charge < -0.3 is 5.32 Å². The largest absolute Gasteiger partial charge is 0.306 e. The highest BCUT2D eigenvalue weighted by atomic mass is 79.9. The van der Waals surface area contributed by atoms with Gasteiger partial charge in [-0.05, 0) is 42.3 Å². The molecule has 19 heavy (non-hydrogen) atoms. The van der Waals surface area contributed by atoms with Gasteiger partial charge in [-0.2, -0.15) is 0 Å². The lowest BCUT2D eigenvalue weighted by Crippen LogP contribution is -2.18. The Morgan fingerprint density at radius 2 is 2.05 bits per heavy atom. The summed E-state index contributed by atoms with van der Waals surface area (Å²) in [6, 6.07) is 12.8. The molecule has 1 N–H and O–H groups in total. The van der Waals surface area contributed by atoms with Crippen LogP contribution < -0.4 is 5.32 Å². The summed E-state index contributed by atoms with van der Waals surface area (Å²) in [6.45, 7) is 2.69. The van der Waals surface area contributed by atoms with Crippen molar-refractivity contribution in [2.45, 2.75) is 19.5 Å². The van der Waals surface area contributed by atoms with Crippen LogP contribution >= 0.6 is 27.5 Å². The summed E-state index contributed by atoms with van der Waals surface area (Å²) >= 11 is 9.45. The van der Waals surface area contributed by atoms with Crippen LogP contribution in [0.4, 0.5) is 4.39 Å². The van der Waals surface area contributed by atoms with Gasteiger partial charge in [-0.25, -0.2) is 4.39 Å². The summed E-state index contributed by atoms with van der Waals surface area (Å²) in [6.07, 6.45) is 0. The van der Waals surface area contributed by atoms with Crippen LogP contribution in [0.25, 0.3) is 0 Å². The Bertz CT molecular complexity index is 574. The molecule has 0 heterocycles. The fourth-order valence-corrected chi connectivity index (χ4v) is 2.47. The van der Waals surface area contributed by atoms with Gasteiger partial charge in [0.05, 0.1) is 0 Å². The van der Waals surface area contributed by atoms with Crippen LogP contribution in [0.1, 0.15) is 24.1 Å². The normalized spacial score (nSPS) is 12.4. The van der Waals surface area contributed by atoms with Crippen molar-refractivity contribution in [2.24, 2.45) is 0 Å². The number of rotatable bonds is 4. The first-order valence-corrected chi connectivity index (χ1v) is 7.16. The Labute approximate surface area is 125 Å². The maximum absolute atomic E-state index is 12.9. The van der Waals surface area contributed by atoms with E-state index in [2.05, 4.69) is 40.3 Å². The molecule has 1 atom stereocenters. The highest BCUT2D eigenvalue weighted by molar-refractivity contribution is 9.10. The van der Waals surface area contributed by atoms with Gasteiger partial charge in [0.15, 0.2) is 0 Å². The summed E-state index contributed by atoms with van der Waals surface area (Å²) in [5.41, 5.74) is 2.08. The Kier molecular flexibility index (Phi) is 4.97. The second-order valence-corrected chi connectivity index (χ2v) is 5.72. The molecule has 2 aromatic rings. The summed E-state index contributed by atoms with van der Waals surface area (Å²) < 4.78 is 14.0. The molecular weight excluding hydrogens is 329 g/mol. The molecule has 0 amide bonds. The number of nitrogens with one attached hydrogen (secondary N) is 1. The Balaban J connectivity index is 2.02. The highest BCUT2D eigenvalue weighted by Crippen LogP contribution is 2.20. The highest BCUT2D eigenvalue weighted by Gasteiger charge is 2.07. The van der Waals surface area contributed by atoms with E-state index in [-0.39, 0.29) is 11.9 Å². The standard InChI is InChI=1S/C15H14BrClFN/c1-10(11-3-2-4-13(16)7-11)19-9-12-5-6-14(18)8-15(12)17/h2-8,10,19H,9H2,1H3/t10-/m0/s1. The van der Waals surface area contributed by atoms with Crippen LogP contribution in [-0.2, 0) is 6.54 Å². The molecule has 0 fully saturated rings. The third kappa shape index (κ3) is 4.03. The quantitative estimate of drug-likeness (QED) is 0.816. The van der Waals surface area contributed by atoms with Crippen LogP contribution in [0, 0.1) is 5.82 Å². The van der Waals surface area contributed by atoms with E-state index in [4.69, 9.17) is 11.6 Å². The zero-order chi connectivity index (χ0) is 13.8. The molecule has 0 unspecified atom stereocenters. The van der Waals surface area contributed by atoms with E-state index >= 15 is 0 Å². The summed E-state index contributed by atoms with van der Waals surface area (Å²) in [4.78, 5) is 0. The molecule has 100 valence electrons. The topological polar surface area (TPSA) is 12.0 Å². The van der Waals surface area contributed by atoms with E-state index in [0.717, 1.165) is 10.0 Å². The molecule has 0 radical (unpaired) electrons. The lowest BCUT2D eigenvalue weighted by Gasteiger charge is -2.15. The van der Waals surface area contributed by atoms with Gasteiger partial charge in [0.25, 0.3) is 0 Å². The van der Waals surface area contributed by atoms with E-state index in [9.17, 15) is 4.39 Å². The van der Waals surface area contributed by atoms with Crippen molar-refractivity contribution >= 4 is 27.5 Å². The van der Waals surface area contributed by atoms with Crippen LogP contribution in [0.5, 0.6) is 0 Å². The second kappa shape index (κ2) is 6.51. The monoisotopic (exact) mass is 341 g/mol. The molecule has 2 rings (SSSR count). The zero-order valence-corrected chi connectivity index (χ0v) is 12.8. The zero-order valence-electron chi connectivity index (χ0n) is 10.5. The SMILES string of the molecule is C[C@H](NCc1ccc(F)cc1Cl)c1cccc(Br)c1. The molecule has 0 aliphatic rings. The Morgan fingerprint density at radius 3 is 2.74 bits per heavy atom. The maximum Gasteiger partial charge on any atom is 0.124 e. The van der Waals surface area contributed by atoms with E-state index in [1.54, 1.807) is 6.07 Å². The average Bonchev–Trinajstić information content (AvgIpc) is 2.37. The fraction of sp³-hybridized carbons (Fsp3) is 0.200. The minimum atomic E-state index is -0.311.